The van der Waals surface area contributed by atoms with Gasteiger partial charge in [-0.3, -0.25) is 9.98 Å². The fraction of sp³-hybridized carbons (Fsp3) is 0.0909. The molecule has 7 heteroatoms. The maximum absolute atomic E-state index is 8.72. The average molecular weight is 433 g/mol. The summed E-state index contributed by atoms with van der Waals surface area (Å²) < 4.78 is 0. The third-order valence-corrected chi connectivity index (χ3v) is 5.93. The standard InChI is InChI=1S/C22H16N4S3/c1-15(25-18-5-3-17(4-6-18)24-14-27)21-11-12-22(29-21)16(2)26-19-7-9-20(10-8-19)28-13-23/h3-12H,1-2H3. The van der Waals surface area contributed by atoms with Gasteiger partial charge in [-0.1, -0.05) is 0 Å². The highest BCUT2D eigenvalue weighted by Gasteiger charge is 2.06. The number of hydrogen-bond acceptors (Lipinski definition) is 7. The number of thiocarbonyl (C=S) groups is 1. The van der Waals surface area contributed by atoms with Crippen molar-refractivity contribution in [3.63, 3.8) is 0 Å². The summed E-state index contributed by atoms with van der Waals surface area (Å²) in [6.45, 7) is 3.99. The van der Waals surface area contributed by atoms with E-state index in [-0.39, 0.29) is 0 Å². The van der Waals surface area contributed by atoms with E-state index >= 15 is 0 Å². The Hall–Kier alpha value is -2.88. The Balaban J connectivity index is 1.76. The lowest BCUT2D eigenvalue weighted by atomic mass is 10.2. The minimum Gasteiger partial charge on any atom is -0.252 e. The molecule has 1 aromatic heterocycles. The summed E-state index contributed by atoms with van der Waals surface area (Å²) in [5.74, 6) is 0. The first-order valence-electron chi connectivity index (χ1n) is 8.64. The van der Waals surface area contributed by atoms with Crippen molar-refractivity contribution < 1.29 is 0 Å². The highest BCUT2D eigenvalue weighted by Crippen LogP contribution is 2.25. The van der Waals surface area contributed by atoms with Gasteiger partial charge in [0.2, 0.25) is 0 Å². The number of thioether (sulfide) groups is 1. The van der Waals surface area contributed by atoms with Crippen LogP contribution < -0.4 is 0 Å². The molecule has 0 aliphatic rings. The molecule has 4 nitrogen and oxygen atoms in total. The van der Waals surface area contributed by atoms with Crippen LogP contribution in [0.5, 0.6) is 0 Å². The molecule has 2 aromatic carbocycles. The molecule has 0 aliphatic heterocycles. The second kappa shape index (κ2) is 10.1. The molecule has 0 fully saturated rings. The van der Waals surface area contributed by atoms with Crippen molar-refractivity contribution in [3.05, 3.63) is 70.4 Å². The minimum atomic E-state index is 0.765. The monoisotopic (exact) mass is 432 g/mol. The van der Waals surface area contributed by atoms with Crippen molar-refractivity contribution in [2.45, 2.75) is 18.7 Å². The summed E-state index contributed by atoms with van der Waals surface area (Å²) in [5.41, 5.74) is 4.38. The lowest BCUT2D eigenvalue weighted by molar-refractivity contribution is 1.41. The van der Waals surface area contributed by atoms with Crippen LogP contribution in [0.2, 0.25) is 0 Å². The summed E-state index contributed by atoms with van der Waals surface area (Å²) in [4.78, 5) is 16.4. The average Bonchev–Trinajstić information content (AvgIpc) is 3.22. The van der Waals surface area contributed by atoms with Crippen molar-refractivity contribution >= 4 is 69.0 Å². The van der Waals surface area contributed by atoms with Gasteiger partial charge >= 0.3 is 0 Å². The molecule has 0 N–H and O–H groups in total. The molecule has 0 aliphatic carbocycles. The smallest absolute Gasteiger partial charge is 0.138 e. The maximum Gasteiger partial charge on any atom is 0.138 e. The van der Waals surface area contributed by atoms with Crippen LogP contribution in [-0.2, 0) is 0 Å². The van der Waals surface area contributed by atoms with Crippen molar-refractivity contribution in [2.75, 3.05) is 0 Å². The zero-order chi connectivity index (χ0) is 20.6. The van der Waals surface area contributed by atoms with Crippen molar-refractivity contribution in [1.29, 1.82) is 5.26 Å². The summed E-state index contributed by atoms with van der Waals surface area (Å²) in [7, 11) is 0. The van der Waals surface area contributed by atoms with Crippen LogP contribution in [0.1, 0.15) is 23.6 Å². The Morgan fingerprint density at radius 2 is 1.31 bits per heavy atom. The summed E-state index contributed by atoms with van der Waals surface area (Å²) >= 11 is 7.42. The van der Waals surface area contributed by atoms with E-state index in [4.69, 9.17) is 5.26 Å². The van der Waals surface area contributed by atoms with Gasteiger partial charge in [-0.25, -0.2) is 0 Å². The van der Waals surface area contributed by atoms with Crippen molar-refractivity contribution in [3.8, 4) is 5.40 Å². The van der Waals surface area contributed by atoms with Crippen molar-refractivity contribution in [2.24, 2.45) is 15.0 Å². The summed E-state index contributed by atoms with van der Waals surface area (Å²) in [6, 6.07) is 19.3. The second-order valence-electron chi connectivity index (χ2n) is 5.97. The largest absolute Gasteiger partial charge is 0.252 e. The van der Waals surface area contributed by atoms with Gasteiger partial charge in [0.25, 0.3) is 0 Å². The maximum atomic E-state index is 8.72. The van der Waals surface area contributed by atoms with Gasteiger partial charge in [-0.2, -0.15) is 10.3 Å². The highest BCUT2D eigenvalue weighted by atomic mass is 32.2. The zero-order valence-corrected chi connectivity index (χ0v) is 18.2. The lowest BCUT2D eigenvalue weighted by Crippen LogP contribution is -1.90. The molecule has 3 rings (SSSR count). The van der Waals surface area contributed by atoms with E-state index in [1.165, 1.54) is 0 Å². The van der Waals surface area contributed by atoms with E-state index in [0.29, 0.717) is 0 Å². The molecule has 0 radical (unpaired) electrons. The lowest BCUT2D eigenvalue weighted by Gasteiger charge is -2.00. The number of nitrogens with zero attached hydrogens (tertiary/aromatic N) is 4. The molecule has 0 amide bonds. The van der Waals surface area contributed by atoms with Gasteiger partial charge in [0, 0.05) is 14.6 Å². The molecule has 1 heterocycles. The summed E-state index contributed by atoms with van der Waals surface area (Å²) in [6.07, 6.45) is 0. The molecule has 0 atom stereocenters. The van der Waals surface area contributed by atoms with Gasteiger partial charge in [-0.15, -0.1) is 11.3 Å². The van der Waals surface area contributed by atoms with Crippen molar-refractivity contribution in [1.82, 2.24) is 0 Å². The number of thiocyanates is 1. The number of nitriles is 1. The fourth-order valence-electron chi connectivity index (χ4n) is 2.52. The first-order valence-corrected chi connectivity index (χ1v) is 10.7. The van der Waals surface area contributed by atoms with Crippen LogP contribution in [0, 0.1) is 10.7 Å². The minimum absolute atomic E-state index is 0.765. The molecule has 3 aromatic rings. The normalized spacial score (nSPS) is 11.6. The Bertz CT molecular complexity index is 1140. The molecule has 0 unspecified atom stereocenters. The van der Waals surface area contributed by atoms with E-state index in [9.17, 15) is 0 Å². The Kier molecular flexibility index (Phi) is 7.23. The number of hydrogen-bond donors (Lipinski definition) is 0. The van der Waals surface area contributed by atoms with Crippen LogP contribution in [0.25, 0.3) is 0 Å². The van der Waals surface area contributed by atoms with E-state index < -0.39 is 0 Å². The number of isothiocyanates is 1. The number of benzene rings is 2. The van der Waals surface area contributed by atoms with Crippen LogP contribution in [-0.4, -0.2) is 16.6 Å². The molecule has 0 saturated carbocycles. The first-order chi connectivity index (χ1) is 14.1. The Labute approximate surface area is 183 Å². The SMILES string of the molecule is CC(=Nc1ccc(N=C=S)cc1)c1ccc(C(C)=Nc2ccc(SC#N)cc2)s1. The second-order valence-corrected chi connectivity index (χ2v) is 8.09. The van der Waals surface area contributed by atoms with E-state index in [2.05, 4.69) is 49.9 Å². The van der Waals surface area contributed by atoms with Gasteiger partial charge in [0.1, 0.15) is 5.40 Å². The van der Waals surface area contributed by atoms with Gasteiger partial charge in [0.15, 0.2) is 0 Å². The number of thiophene rings is 1. The van der Waals surface area contributed by atoms with E-state index in [1.807, 2.05) is 62.4 Å². The Morgan fingerprint density at radius 1 is 0.828 bits per heavy atom. The molecule has 29 heavy (non-hydrogen) atoms. The third kappa shape index (κ3) is 5.80. The predicted molar refractivity (Wildman–Crippen MR) is 127 cm³/mol. The fourth-order valence-corrected chi connectivity index (χ4v) is 3.90. The number of rotatable bonds is 6. The molecule has 0 saturated heterocycles. The van der Waals surface area contributed by atoms with Crippen LogP contribution in [0.4, 0.5) is 17.1 Å². The van der Waals surface area contributed by atoms with Crippen LogP contribution >= 0.6 is 35.3 Å². The van der Waals surface area contributed by atoms with Gasteiger partial charge in [-0.05, 0) is 98.5 Å². The van der Waals surface area contributed by atoms with Gasteiger partial charge < -0.3 is 0 Å². The van der Waals surface area contributed by atoms with Crippen LogP contribution in [0.3, 0.4) is 0 Å². The summed E-state index contributed by atoms with van der Waals surface area (Å²) in [5, 5.41) is 13.2. The van der Waals surface area contributed by atoms with E-state index in [1.54, 1.807) is 11.3 Å². The van der Waals surface area contributed by atoms with Crippen LogP contribution in [0.15, 0.2) is 80.5 Å². The highest BCUT2D eigenvalue weighted by molar-refractivity contribution is 8.03. The molecule has 0 bridgehead atoms. The number of aliphatic imine (C=N–C) groups is 3. The van der Waals surface area contributed by atoms with Gasteiger partial charge in [0.05, 0.1) is 33.6 Å². The third-order valence-electron chi connectivity index (χ3n) is 3.94. The Morgan fingerprint density at radius 3 is 1.79 bits per heavy atom. The molecular formula is C22H16N4S3. The quantitative estimate of drug-likeness (QED) is 0.177. The first kappa shape index (κ1) is 20.8. The molecule has 0 spiro atoms. The zero-order valence-electron chi connectivity index (χ0n) is 15.8. The van der Waals surface area contributed by atoms with E-state index in [0.717, 1.165) is 54.9 Å². The molecule has 142 valence electrons. The topological polar surface area (TPSA) is 60.9 Å². The molecular weight excluding hydrogens is 416 g/mol. The predicted octanol–water partition coefficient (Wildman–Crippen LogP) is 7.34.